The van der Waals surface area contributed by atoms with Crippen LogP contribution in [0.1, 0.15) is 30.6 Å². The molecular formula is C12H14BrIO2. The highest BCUT2D eigenvalue weighted by Gasteiger charge is 2.14. The third-order valence-corrected chi connectivity index (χ3v) is 3.08. The van der Waals surface area contributed by atoms with Crippen molar-refractivity contribution in [3.8, 4) is 0 Å². The number of hydrogen-bond acceptors (Lipinski definition) is 2. The fourth-order valence-corrected chi connectivity index (χ4v) is 1.54. The van der Waals surface area contributed by atoms with E-state index < -0.39 is 0 Å². The van der Waals surface area contributed by atoms with Gasteiger partial charge in [0.25, 0.3) is 0 Å². The number of halogens is 2. The van der Waals surface area contributed by atoms with E-state index in [4.69, 9.17) is 4.74 Å². The van der Waals surface area contributed by atoms with Crippen LogP contribution in [0.5, 0.6) is 0 Å². The first kappa shape index (κ1) is 14.0. The molecule has 1 aromatic carbocycles. The van der Waals surface area contributed by atoms with Gasteiger partial charge < -0.3 is 4.74 Å². The first-order chi connectivity index (χ1) is 7.38. The number of hydrogen-bond donors (Lipinski definition) is 0. The van der Waals surface area contributed by atoms with Crippen LogP contribution >= 0.6 is 38.5 Å². The van der Waals surface area contributed by atoms with Crippen molar-refractivity contribution < 1.29 is 9.53 Å². The summed E-state index contributed by atoms with van der Waals surface area (Å²) >= 11 is 5.67. The van der Waals surface area contributed by atoms with Gasteiger partial charge in [0.05, 0.1) is 12.2 Å². The molecule has 1 aromatic rings. The third-order valence-electron chi connectivity index (χ3n) is 2.01. The Labute approximate surface area is 118 Å². The Bertz CT molecular complexity index is 354. The highest BCUT2D eigenvalue weighted by molar-refractivity contribution is 14.1. The SMILES string of the molecule is CC(C)(I)CCOC(=O)c1ccc(Br)cc1. The second-order valence-electron chi connectivity index (χ2n) is 4.11. The zero-order valence-electron chi connectivity index (χ0n) is 9.30. The van der Waals surface area contributed by atoms with E-state index in [-0.39, 0.29) is 9.39 Å². The van der Waals surface area contributed by atoms with E-state index in [2.05, 4.69) is 52.4 Å². The lowest BCUT2D eigenvalue weighted by molar-refractivity contribution is 0.0495. The predicted molar refractivity (Wildman–Crippen MR) is 77.1 cm³/mol. The summed E-state index contributed by atoms with van der Waals surface area (Å²) < 4.78 is 6.31. The summed E-state index contributed by atoms with van der Waals surface area (Å²) in [6.45, 7) is 4.69. The standard InChI is InChI=1S/C12H14BrIO2/c1-12(2,14)7-8-16-11(15)9-3-5-10(13)6-4-9/h3-6H,7-8H2,1-2H3. The van der Waals surface area contributed by atoms with Gasteiger partial charge in [0.1, 0.15) is 0 Å². The molecule has 0 aliphatic rings. The van der Waals surface area contributed by atoms with Gasteiger partial charge in [-0.2, -0.15) is 0 Å². The van der Waals surface area contributed by atoms with Crippen molar-refractivity contribution in [3.05, 3.63) is 34.3 Å². The van der Waals surface area contributed by atoms with Crippen molar-refractivity contribution >= 4 is 44.5 Å². The minimum absolute atomic E-state index is 0.164. The number of carbonyl (C=O) groups is 1. The van der Waals surface area contributed by atoms with Gasteiger partial charge in [0.2, 0.25) is 0 Å². The van der Waals surface area contributed by atoms with E-state index in [0.29, 0.717) is 12.2 Å². The van der Waals surface area contributed by atoms with E-state index in [0.717, 1.165) is 10.9 Å². The van der Waals surface area contributed by atoms with E-state index in [1.807, 2.05) is 12.1 Å². The zero-order chi connectivity index (χ0) is 12.2. The largest absolute Gasteiger partial charge is 0.462 e. The van der Waals surface area contributed by atoms with Gasteiger partial charge in [-0.05, 0) is 30.7 Å². The van der Waals surface area contributed by atoms with Crippen molar-refractivity contribution in [2.75, 3.05) is 6.61 Å². The van der Waals surface area contributed by atoms with Crippen LogP contribution in [-0.4, -0.2) is 16.0 Å². The Kier molecular flexibility index (Phi) is 5.24. The second-order valence-corrected chi connectivity index (χ2v) is 7.95. The van der Waals surface area contributed by atoms with Gasteiger partial charge in [-0.15, -0.1) is 0 Å². The van der Waals surface area contributed by atoms with E-state index in [9.17, 15) is 4.79 Å². The van der Waals surface area contributed by atoms with Crippen LogP contribution in [0.4, 0.5) is 0 Å². The van der Waals surface area contributed by atoms with Crippen LogP contribution in [0.2, 0.25) is 0 Å². The number of carbonyl (C=O) groups excluding carboxylic acids is 1. The molecule has 0 spiro atoms. The normalized spacial score (nSPS) is 11.2. The Morgan fingerprint density at radius 3 is 2.44 bits per heavy atom. The summed E-state index contributed by atoms with van der Waals surface area (Å²) in [7, 11) is 0. The minimum Gasteiger partial charge on any atom is -0.462 e. The zero-order valence-corrected chi connectivity index (χ0v) is 13.0. The molecule has 88 valence electrons. The molecule has 16 heavy (non-hydrogen) atoms. The van der Waals surface area contributed by atoms with Gasteiger partial charge in [0, 0.05) is 7.89 Å². The van der Waals surface area contributed by atoms with E-state index in [1.54, 1.807) is 12.1 Å². The number of rotatable bonds is 4. The molecule has 0 aliphatic carbocycles. The Hall–Kier alpha value is -0.100. The Balaban J connectivity index is 2.44. The molecule has 0 aliphatic heterocycles. The van der Waals surface area contributed by atoms with Gasteiger partial charge in [-0.3, -0.25) is 0 Å². The van der Waals surface area contributed by atoms with Gasteiger partial charge in [-0.1, -0.05) is 52.4 Å². The number of esters is 1. The van der Waals surface area contributed by atoms with Crippen molar-refractivity contribution in [3.63, 3.8) is 0 Å². The fraction of sp³-hybridized carbons (Fsp3) is 0.417. The summed E-state index contributed by atoms with van der Waals surface area (Å²) in [5, 5.41) is 0. The molecule has 0 N–H and O–H groups in total. The van der Waals surface area contributed by atoms with Crippen molar-refractivity contribution in [1.29, 1.82) is 0 Å². The molecule has 0 saturated carbocycles. The molecule has 0 radical (unpaired) electrons. The van der Waals surface area contributed by atoms with Gasteiger partial charge in [0.15, 0.2) is 0 Å². The van der Waals surface area contributed by atoms with Crippen LogP contribution in [-0.2, 0) is 4.74 Å². The summed E-state index contributed by atoms with van der Waals surface area (Å²) in [5.74, 6) is -0.256. The first-order valence-corrected chi connectivity index (χ1v) is 6.87. The first-order valence-electron chi connectivity index (χ1n) is 5.00. The Morgan fingerprint density at radius 2 is 1.94 bits per heavy atom. The molecule has 0 heterocycles. The maximum absolute atomic E-state index is 11.6. The maximum Gasteiger partial charge on any atom is 0.338 e. The fourth-order valence-electron chi connectivity index (χ4n) is 1.06. The molecule has 0 atom stereocenters. The summed E-state index contributed by atoms with van der Waals surface area (Å²) in [6.07, 6.45) is 0.857. The van der Waals surface area contributed by atoms with Crippen LogP contribution in [0, 0.1) is 0 Å². The van der Waals surface area contributed by atoms with Gasteiger partial charge >= 0.3 is 5.97 Å². The third kappa shape index (κ3) is 5.30. The summed E-state index contributed by atoms with van der Waals surface area (Å²) in [5.41, 5.74) is 0.592. The average Bonchev–Trinajstić information content (AvgIpc) is 2.16. The highest BCUT2D eigenvalue weighted by atomic mass is 127. The predicted octanol–water partition coefficient (Wildman–Crippen LogP) is 4.21. The summed E-state index contributed by atoms with van der Waals surface area (Å²) in [6, 6.07) is 7.17. The molecule has 2 nitrogen and oxygen atoms in total. The molecule has 0 fully saturated rings. The second kappa shape index (κ2) is 6.00. The average molecular weight is 397 g/mol. The molecular weight excluding hydrogens is 383 g/mol. The molecule has 4 heteroatoms. The molecule has 0 unspecified atom stereocenters. The van der Waals surface area contributed by atoms with Crippen LogP contribution in [0.15, 0.2) is 28.7 Å². The lowest BCUT2D eigenvalue weighted by Gasteiger charge is -2.15. The van der Waals surface area contributed by atoms with Crippen molar-refractivity contribution in [1.82, 2.24) is 0 Å². The highest BCUT2D eigenvalue weighted by Crippen LogP contribution is 2.21. The van der Waals surface area contributed by atoms with E-state index >= 15 is 0 Å². The van der Waals surface area contributed by atoms with Crippen LogP contribution in [0.25, 0.3) is 0 Å². The van der Waals surface area contributed by atoms with Crippen molar-refractivity contribution in [2.24, 2.45) is 0 Å². The quantitative estimate of drug-likeness (QED) is 0.433. The lowest BCUT2D eigenvalue weighted by atomic mass is 10.1. The molecule has 0 saturated heterocycles. The molecule has 0 bridgehead atoms. The molecule has 0 amide bonds. The molecule has 1 rings (SSSR count). The lowest BCUT2D eigenvalue weighted by Crippen LogP contribution is -2.15. The van der Waals surface area contributed by atoms with E-state index in [1.165, 1.54) is 0 Å². The Morgan fingerprint density at radius 1 is 1.38 bits per heavy atom. The number of ether oxygens (including phenoxy) is 1. The van der Waals surface area contributed by atoms with Crippen LogP contribution in [0.3, 0.4) is 0 Å². The van der Waals surface area contributed by atoms with Gasteiger partial charge in [-0.25, -0.2) is 4.79 Å². The summed E-state index contributed by atoms with van der Waals surface area (Å²) in [4.78, 5) is 11.6. The number of alkyl halides is 1. The smallest absolute Gasteiger partial charge is 0.338 e. The maximum atomic E-state index is 11.6. The van der Waals surface area contributed by atoms with Crippen molar-refractivity contribution in [2.45, 2.75) is 23.7 Å². The van der Waals surface area contributed by atoms with Crippen LogP contribution < -0.4 is 0 Å². The topological polar surface area (TPSA) is 26.3 Å². The number of benzene rings is 1. The monoisotopic (exact) mass is 396 g/mol. The minimum atomic E-state index is -0.256. The molecule has 0 aromatic heterocycles.